The zero-order valence-electron chi connectivity index (χ0n) is 9.50. The van der Waals surface area contributed by atoms with Crippen molar-refractivity contribution >= 4 is 6.09 Å². The van der Waals surface area contributed by atoms with Gasteiger partial charge in [-0.25, -0.2) is 4.79 Å². The number of carbonyl (C=O) groups is 1. The van der Waals surface area contributed by atoms with E-state index in [4.69, 9.17) is 11.2 Å². The molecule has 1 fully saturated rings. The van der Waals surface area contributed by atoms with Gasteiger partial charge in [0.15, 0.2) is 5.75 Å². The summed E-state index contributed by atoms with van der Waals surface area (Å²) in [4.78, 5) is 17.4. The molecule has 4 heteroatoms. The van der Waals surface area contributed by atoms with Crippen LogP contribution in [0.3, 0.4) is 0 Å². The molecular weight excluding hydrogens is 216 g/mol. The normalized spacial score (nSPS) is 19.5. The second kappa shape index (κ2) is 5.35. The van der Waals surface area contributed by atoms with E-state index >= 15 is 0 Å². The summed E-state index contributed by atoms with van der Waals surface area (Å²) in [7, 11) is 0. The van der Waals surface area contributed by atoms with Crippen molar-refractivity contribution < 1.29 is 9.53 Å². The van der Waals surface area contributed by atoms with Crippen LogP contribution in [0, 0.1) is 12.3 Å². The van der Waals surface area contributed by atoms with E-state index in [1.54, 1.807) is 23.2 Å². The Hall–Kier alpha value is -2.02. The van der Waals surface area contributed by atoms with Gasteiger partial charge in [0.1, 0.15) is 0 Å². The predicted molar refractivity (Wildman–Crippen MR) is 63.4 cm³/mol. The molecule has 0 aromatic carbocycles. The number of pyridine rings is 1. The average Bonchev–Trinajstić information content (AvgIpc) is 2.40. The maximum absolute atomic E-state index is 11.9. The fraction of sp³-hybridized carbons (Fsp3) is 0.385. The van der Waals surface area contributed by atoms with Crippen LogP contribution in [0.5, 0.6) is 5.75 Å². The molecule has 1 amide bonds. The Morgan fingerprint density at radius 1 is 1.59 bits per heavy atom. The zero-order chi connectivity index (χ0) is 12.1. The average molecular weight is 230 g/mol. The molecular formula is C13H14N2O2. The van der Waals surface area contributed by atoms with Gasteiger partial charge in [-0.1, -0.05) is 5.92 Å². The van der Waals surface area contributed by atoms with Gasteiger partial charge < -0.3 is 4.74 Å². The van der Waals surface area contributed by atoms with E-state index in [-0.39, 0.29) is 12.1 Å². The molecule has 0 radical (unpaired) electrons. The molecule has 1 aliphatic heterocycles. The van der Waals surface area contributed by atoms with E-state index in [1.807, 2.05) is 0 Å². The molecule has 1 unspecified atom stereocenters. The van der Waals surface area contributed by atoms with Crippen molar-refractivity contribution in [2.45, 2.75) is 25.3 Å². The summed E-state index contributed by atoms with van der Waals surface area (Å²) in [5, 5.41) is 0. The molecule has 0 spiro atoms. The Morgan fingerprint density at radius 3 is 3.18 bits per heavy atom. The van der Waals surface area contributed by atoms with E-state index < -0.39 is 0 Å². The first-order valence-corrected chi connectivity index (χ1v) is 5.66. The first-order valence-electron chi connectivity index (χ1n) is 5.66. The van der Waals surface area contributed by atoms with Crippen LogP contribution in [0.2, 0.25) is 0 Å². The standard InChI is InChI=1S/C13H14N2O2/c1-2-11-6-3-4-9-15(11)13(16)17-12-7-5-8-14-10-12/h1,5,7-8,10-11H,3-4,6,9H2. The lowest BCUT2D eigenvalue weighted by Crippen LogP contribution is -2.44. The van der Waals surface area contributed by atoms with Gasteiger partial charge in [0, 0.05) is 12.7 Å². The number of likely N-dealkylation sites (tertiary alicyclic amines) is 1. The molecule has 1 aromatic heterocycles. The lowest BCUT2D eigenvalue weighted by molar-refractivity contribution is 0.128. The van der Waals surface area contributed by atoms with Crippen LogP contribution in [0.4, 0.5) is 4.79 Å². The number of nitrogens with zero attached hydrogens (tertiary/aromatic N) is 2. The van der Waals surface area contributed by atoms with Gasteiger partial charge in [0.2, 0.25) is 0 Å². The summed E-state index contributed by atoms with van der Waals surface area (Å²) >= 11 is 0. The zero-order valence-corrected chi connectivity index (χ0v) is 9.50. The number of hydrogen-bond donors (Lipinski definition) is 0. The third-order valence-corrected chi connectivity index (χ3v) is 2.77. The molecule has 0 saturated carbocycles. The summed E-state index contributed by atoms with van der Waals surface area (Å²) < 4.78 is 5.21. The minimum absolute atomic E-state index is 0.145. The Labute approximate surface area is 101 Å². The minimum atomic E-state index is -0.388. The third-order valence-electron chi connectivity index (χ3n) is 2.77. The van der Waals surface area contributed by atoms with E-state index in [0.717, 1.165) is 19.3 Å². The highest BCUT2D eigenvalue weighted by atomic mass is 16.6. The highest BCUT2D eigenvalue weighted by molar-refractivity contribution is 5.71. The van der Waals surface area contributed by atoms with Crippen LogP contribution in [0.15, 0.2) is 24.5 Å². The van der Waals surface area contributed by atoms with Gasteiger partial charge >= 0.3 is 6.09 Å². The summed E-state index contributed by atoms with van der Waals surface area (Å²) in [5.41, 5.74) is 0. The highest BCUT2D eigenvalue weighted by Gasteiger charge is 2.26. The predicted octanol–water partition coefficient (Wildman–Crippen LogP) is 2.07. The summed E-state index contributed by atoms with van der Waals surface area (Å²) in [6, 6.07) is 3.27. The van der Waals surface area contributed by atoms with Crippen molar-refractivity contribution in [1.29, 1.82) is 0 Å². The SMILES string of the molecule is C#CC1CCCCN1C(=O)Oc1cccnc1. The van der Waals surface area contributed by atoms with Crippen molar-refractivity contribution in [3.05, 3.63) is 24.5 Å². The maximum Gasteiger partial charge on any atom is 0.416 e. The molecule has 0 aliphatic carbocycles. The molecule has 2 heterocycles. The molecule has 4 nitrogen and oxygen atoms in total. The van der Waals surface area contributed by atoms with Gasteiger partial charge in [0.25, 0.3) is 0 Å². The van der Waals surface area contributed by atoms with Gasteiger partial charge in [-0.05, 0) is 31.4 Å². The van der Waals surface area contributed by atoms with Crippen molar-refractivity contribution in [2.75, 3.05) is 6.54 Å². The number of carbonyl (C=O) groups excluding carboxylic acids is 1. The summed E-state index contributed by atoms with van der Waals surface area (Å²) in [6.45, 7) is 0.661. The number of aromatic nitrogens is 1. The number of piperidine rings is 1. The number of ether oxygens (including phenoxy) is 1. The van der Waals surface area contributed by atoms with Gasteiger partial charge in [-0.3, -0.25) is 9.88 Å². The fourth-order valence-corrected chi connectivity index (χ4v) is 1.89. The van der Waals surface area contributed by atoms with Crippen molar-refractivity contribution in [3.8, 4) is 18.1 Å². The monoisotopic (exact) mass is 230 g/mol. The van der Waals surface area contributed by atoms with Crippen LogP contribution in [0.25, 0.3) is 0 Å². The van der Waals surface area contributed by atoms with E-state index in [1.165, 1.54) is 6.20 Å². The Balaban J connectivity index is 2.02. The molecule has 1 aromatic rings. The van der Waals surface area contributed by atoms with Crippen LogP contribution in [-0.4, -0.2) is 28.6 Å². The maximum atomic E-state index is 11.9. The number of terminal acetylenes is 1. The largest absolute Gasteiger partial charge is 0.416 e. The van der Waals surface area contributed by atoms with E-state index in [9.17, 15) is 4.79 Å². The molecule has 0 N–H and O–H groups in total. The third kappa shape index (κ3) is 2.76. The minimum Gasteiger partial charge on any atom is -0.409 e. The van der Waals surface area contributed by atoms with Crippen molar-refractivity contribution in [3.63, 3.8) is 0 Å². The van der Waals surface area contributed by atoms with Crippen LogP contribution in [-0.2, 0) is 0 Å². The topological polar surface area (TPSA) is 42.4 Å². The van der Waals surface area contributed by atoms with Crippen LogP contribution in [0.1, 0.15) is 19.3 Å². The summed E-state index contributed by atoms with van der Waals surface area (Å²) in [5.74, 6) is 3.07. The number of amides is 1. The Morgan fingerprint density at radius 2 is 2.47 bits per heavy atom. The summed E-state index contributed by atoms with van der Waals surface area (Å²) in [6.07, 6.45) is 11.0. The van der Waals surface area contributed by atoms with Crippen molar-refractivity contribution in [2.24, 2.45) is 0 Å². The lowest BCUT2D eigenvalue weighted by Gasteiger charge is -2.31. The molecule has 1 atom stereocenters. The van der Waals surface area contributed by atoms with Gasteiger partial charge in [-0.15, -0.1) is 6.42 Å². The van der Waals surface area contributed by atoms with E-state index in [0.29, 0.717) is 12.3 Å². The van der Waals surface area contributed by atoms with Crippen LogP contribution < -0.4 is 4.74 Å². The lowest BCUT2D eigenvalue weighted by atomic mass is 10.0. The smallest absolute Gasteiger partial charge is 0.409 e. The fourth-order valence-electron chi connectivity index (χ4n) is 1.89. The highest BCUT2D eigenvalue weighted by Crippen LogP contribution is 2.18. The molecule has 0 bridgehead atoms. The number of hydrogen-bond acceptors (Lipinski definition) is 3. The molecule has 88 valence electrons. The van der Waals surface area contributed by atoms with Gasteiger partial charge in [0.05, 0.1) is 12.2 Å². The molecule has 17 heavy (non-hydrogen) atoms. The first kappa shape index (κ1) is 11.5. The number of rotatable bonds is 1. The molecule has 1 aliphatic rings. The van der Waals surface area contributed by atoms with Crippen LogP contribution >= 0.6 is 0 Å². The van der Waals surface area contributed by atoms with Crippen molar-refractivity contribution in [1.82, 2.24) is 9.88 Å². The van der Waals surface area contributed by atoms with Gasteiger partial charge in [-0.2, -0.15) is 0 Å². The second-order valence-electron chi connectivity index (χ2n) is 3.93. The molecule has 2 rings (SSSR count). The second-order valence-corrected chi connectivity index (χ2v) is 3.93. The Bertz CT molecular complexity index is 425. The first-order chi connectivity index (χ1) is 8.31. The quantitative estimate of drug-likeness (QED) is 0.693. The molecule has 1 saturated heterocycles. The van der Waals surface area contributed by atoms with E-state index in [2.05, 4.69) is 10.9 Å². The Kier molecular flexibility index (Phi) is 3.61.